The van der Waals surface area contributed by atoms with Crippen LogP contribution in [-0.4, -0.2) is 20.1 Å². The number of rotatable bonds is 5. The lowest BCUT2D eigenvalue weighted by atomic mass is 10.1. The first kappa shape index (κ1) is 12.3. The van der Waals surface area contributed by atoms with E-state index in [4.69, 9.17) is 4.52 Å². The summed E-state index contributed by atoms with van der Waals surface area (Å²) >= 11 is 0. The number of aromatic nitrogens is 4. The van der Waals surface area contributed by atoms with Crippen molar-refractivity contribution < 1.29 is 4.52 Å². The van der Waals surface area contributed by atoms with Gasteiger partial charge in [-0.15, -0.1) is 0 Å². The second-order valence-electron chi connectivity index (χ2n) is 4.19. The van der Waals surface area contributed by atoms with Gasteiger partial charge < -0.3 is 9.84 Å². The Kier molecular flexibility index (Phi) is 3.64. The van der Waals surface area contributed by atoms with Crippen molar-refractivity contribution in [3.05, 3.63) is 66.1 Å². The van der Waals surface area contributed by atoms with Crippen LogP contribution in [0.3, 0.4) is 0 Å². The molecule has 100 valence electrons. The Balaban J connectivity index is 1.60. The average Bonchev–Trinajstić information content (AvgIpc) is 2.95. The molecule has 1 aromatic carbocycles. The third kappa shape index (κ3) is 3.17. The molecule has 3 rings (SSSR count). The van der Waals surface area contributed by atoms with Crippen LogP contribution in [0, 0.1) is 0 Å². The molecule has 2 heterocycles. The van der Waals surface area contributed by atoms with Crippen molar-refractivity contribution in [3.63, 3.8) is 0 Å². The van der Waals surface area contributed by atoms with Gasteiger partial charge >= 0.3 is 0 Å². The third-order valence-electron chi connectivity index (χ3n) is 2.68. The molecular formula is C14H13N5O. The van der Waals surface area contributed by atoms with Gasteiger partial charge in [0, 0.05) is 12.4 Å². The summed E-state index contributed by atoms with van der Waals surface area (Å²) in [5.74, 6) is 1.73. The summed E-state index contributed by atoms with van der Waals surface area (Å²) in [5.41, 5.74) is 1.14. The van der Waals surface area contributed by atoms with Crippen LogP contribution in [0.15, 0.2) is 53.3 Å². The number of anilines is 1. The van der Waals surface area contributed by atoms with Gasteiger partial charge in [-0.1, -0.05) is 35.5 Å². The fraction of sp³-hybridized carbons (Fsp3) is 0.143. The SMILES string of the molecule is c1ccc(Cc2nc(CNc3ncccn3)no2)cc1. The van der Waals surface area contributed by atoms with E-state index in [1.807, 2.05) is 30.3 Å². The van der Waals surface area contributed by atoms with E-state index in [-0.39, 0.29) is 0 Å². The number of hydrogen-bond acceptors (Lipinski definition) is 6. The molecule has 0 amide bonds. The molecule has 1 N–H and O–H groups in total. The normalized spacial score (nSPS) is 10.4. The zero-order valence-corrected chi connectivity index (χ0v) is 10.7. The van der Waals surface area contributed by atoms with Gasteiger partial charge in [-0.05, 0) is 11.6 Å². The molecule has 0 radical (unpaired) electrons. The van der Waals surface area contributed by atoms with Crippen LogP contribution >= 0.6 is 0 Å². The highest BCUT2D eigenvalue weighted by molar-refractivity contribution is 5.22. The number of nitrogens with zero attached hydrogens (tertiary/aromatic N) is 4. The maximum Gasteiger partial charge on any atom is 0.231 e. The maximum atomic E-state index is 5.22. The molecule has 0 spiro atoms. The van der Waals surface area contributed by atoms with Crippen molar-refractivity contribution in [1.82, 2.24) is 20.1 Å². The Bertz CT molecular complexity index is 654. The van der Waals surface area contributed by atoms with Crippen molar-refractivity contribution in [2.45, 2.75) is 13.0 Å². The summed E-state index contributed by atoms with van der Waals surface area (Å²) in [4.78, 5) is 12.4. The molecule has 0 aliphatic carbocycles. The number of benzene rings is 1. The monoisotopic (exact) mass is 267 g/mol. The number of nitrogens with one attached hydrogen (secondary N) is 1. The van der Waals surface area contributed by atoms with Crippen LogP contribution in [0.2, 0.25) is 0 Å². The smallest absolute Gasteiger partial charge is 0.231 e. The van der Waals surface area contributed by atoms with Gasteiger partial charge in [0.05, 0.1) is 13.0 Å². The Labute approximate surface area is 115 Å². The molecule has 20 heavy (non-hydrogen) atoms. The first-order chi connectivity index (χ1) is 9.90. The quantitative estimate of drug-likeness (QED) is 0.762. The Morgan fingerprint density at radius 3 is 2.60 bits per heavy atom. The van der Waals surface area contributed by atoms with E-state index in [9.17, 15) is 0 Å². The molecular weight excluding hydrogens is 254 g/mol. The molecule has 0 aliphatic rings. The molecule has 0 saturated heterocycles. The standard InChI is InChI=1S/C14H13N5O/c1-2-5-11(6-3-1)9-13-18-12(19-20-13)10-17-14-15-7-4-8-16-14/h1-8H,9-10H2,(H,15,16,17). The van der Waals surface area contributed by atoms with E-state index in [2.05, 4.69) is 25.4 Å². The highest BCUT2D eigenvalue weighted by Gasteiger charge is 2.07. The van der Waals surface area contributed by atoms with Crippen LogP contribution in [0.5, 0.6) is 0 Å². The van der Waals surface area contributed by atoms with Gasteiger partial charge in [-0.3, -0.25) is 0 Å². The molecule has 0 aliphatic heterocycles. The first-order valence-corrected chi connectivity index (χ1v) is 6.26. The van der Waals surface area contributed by atoms with Crippen LogP contribution < -0.4 is 5.32 Å². The Morgan fingerprint density at radius 1 is 1.00 bits per heavy atom. The van der Waals surface area contributed by atoms with E-state index in [0.717, 1.165) is 5.56 Å². The maximum absolute atomic E-state index is 5.22. The van der Waals surface area contributed by atoms with E-state index in [0.29, 0.717) is 30.6 Å². The van der Waals surface area contributed by atoms with Crippen molar-refractivity contribution in [2.24, 2.45) is 0 Å². The Hall–Kier alpha value is -2.76. The van der Waals surface area contributed by atoms with Crippen LogP contribution in [0.4, 0.5) is 5.95 Å². The lowest BCUT2D eigenvalue weighted by Gasteiger charge is -1.98. The van der Waals surface area contributed by atoms with Crippen molar-refractivity contribution in [1.29, 1.82) is 0 Å². The fourth-order valence-corrected chi connectivity index (χ4v) is 1.75. The predicted molar refractivity (Wildman–Crippen MR) is 72.9 cm³/mol. The lowest BCUT2D eigenvalue weighted by Crippen LogP contribution is -2.04. The largest absolute Gasteiger partial charge is 0.347 e. The van der Waals surface area contributed by atoms with Gasteiger partial charge in [0.15, 0.2) is 5.82 Å². The lowest BCUT2D eigenvalue weighted by molar-refractivity contribution is 0.380. The fourth-order valence-electron chi connectivity index (χ4n) is 1.75. The van der Waals surface area contributed by atoms with Crippen LogP contribution in [0.25, 0.3) is 0 Å². The molecule has 3 aromatic rings. The molecule has 2 aromatic heterocycles. The summed E-state index contributed by atoms with van der Waals surface area (Å²) in [6.07, 6.45) is 3.98. The molecule has 6 heteroatoms. The topological polar surface area (TPSA) is 76.7 Å². The van der Waals surface area contributed by atoms with E-state index in [1.54, 1.807) is 18.5 Å². The molecule has 6 nitrogen and oxygen atoms in total. The minimum atomic E-state index is 0.433. The van der Waals surface area contributed by atoms with Crippen molar-refractivity contribution in [3.8, 4) is 0 Å². The van der Waals surface area contributed by atoms with Gasteiger partial charge in [-0.2, -0.15) is 4.98 Å². The van der Waals surface area contributed by atoms with E-state index < -0.39 is 0 Å². The van der Waals surface area contributed by atoms with Crippen LogP contribution in [0.1, 0.15) is 17.3 Å². The number of hydrogen-bond donors (Lipinski definition) is 1. The van der Waals surface area contributed by atoms with Crippen LogP contribution in [-0.2, 0) is 13.0 Å². The summed E-state index contributed by atoms with van der Waals surface area (Å²) < 4.78 is 5.22. The third-order valence-corrected chi connectivity index (χ3v) is 2.68. The second-order valence-corrected chi connectivity index (χ2v) is 4.19. The van der Waals surface area contributed by atoms with Gasteiger partial charge in [-0.25, -0.2) is 9.97 Å². The molecule has 0 saturated carbocycles. The predicted octanol–water partition coefficient (Wildman–Crippen LogP) is 2.06. The summed E-state index contributed by atoms with van der Waals surface area (Å²) in [6.45, 7) is 0.433. The van der Waals surface area contributed by atoms with Crippen molar-refractivity contribution in [2.75, 3.05) is 5.32 Å². The molecule has 0 atom stereocenters. The van der Waals surface area contributed by atoms with Gasteiger partial charge in [0.2, 0.25) is 11.8 Å². The molecule has 0 unspecified atom stereocenters. The minimum absolute atomic E-state index is 0.433. The zero-order valence-electron chi connectivity index (χ0n) is 10.7. The zero-order chi connectivity index (χ0) is 13.6. The average molecular weight is 267 g/mol. The van der Waals surface area contributed by atoms with Gasteiger partial charge in [0.1, 0.15) is 0 Å². The molecule has 0 bridgehead atoms. The van der Waals surface area contributed by atoms with E-state index in [1.165, 1.54) is 0 Å². The first-order valence-electron chi connectivity index (χ1n) is 6.26. The highest BCUT2D eigenvalue weighted by Crippen LogP contribution is 2.07. The van der Waals surface area contributed by atoms with E-state index >= 15 is 0 Å². The minimum Gasteiger partial charge on any atom is -0.347 e. The molecule has 0 fully saturated rings. The summed E-state index contributed by atoms with van der Waals surface area (Å²) in [7, 11) is 0. The highest BCUT2D eigenvalue weighted by atomic mass is 16.5. The second kappa shape index (κ2) is 5.92. The van der Waals surface area contributed by atoms with Gasteiger partial charge in [0.25, 0.3) is 0 Å². The summed E-state index contributed by atoms with van der Waals surface area (Å²) in [5, 5.41) is 6.95. The summed E-state index contributed by atoms with van der Waals surface area (Å²) in [6, 6.07) is 11.8. The van der Waals surface area contributed by atoms with Crippen molar-refractivity contribution >= 4 is 5.95 Å². The Morgan fingerprint density at radius 2 is 1.80 bits per heavy atom.